The van der Waals surface area contributed by atoms with Crippen LogP contribution in [0.4, 0.5) is 0 Å². The Morgan fingerprint density at radius 1 is 1.36 bits per heavy atom. The topological polar surface area (TPSA) is 17.1 Å². The fraction of sp³-hybridized carbons (Fsp3) is 0.462. The second-order valence-corrected chi connectivity index (χ2v) is 4.46. The number of fused-ring (bicyclic) bond motifs is 1. The number of hydrogen-bond donors (Lipinski definition) is 0. The Bertz CT molecular complexity index is 367. The zero-order chi connectivity index (χ0) is 10.2. The van der Waals surface area contributed by atoms with Crippen molar-refractivity contribution < 1.29 is 4.79 Å². The second-order valence-electron chi connectivity index (χ2n) is 4.46. The highest BCUT2D eigenvalue weighted by Crippen LogP contribution is 2.41. The summed E-state index contributed by atoms with van der Waals surface area (Å²) in [5.74, 6) is 0.316. The van der Waals surface area contributed by atoms with Crippen LogP contribution in [0, 0.1) is 0 Å². The molecule has 0 aliphatic heterocycles. The van der Waals surface area contributed by atoms with Gasteiger partial charge in [-0.1, -0.05) is 44.5 Å². The molecule has 1 unspecified atom stereocenters. The zero-order valence-corrected chi connectivity index (χ0v) is 8.84. The van der Waals surface area contributed by atoms with Crippen molar-refractivity contribution in [3.8, 4) is 0 Å². The predicted molar refractivity (Wildman–Crippen MR) is 57.6 cm³/mol. The first-order valence-corrected chi connectivity index (χ1v) is 5.30. The number of carbonyl (C=O) groups excluding carboxylic acids is 1. The molecule has 0 bridgehead atoms. The molecule has 0 saturated carbocycles. The fourth-order valence-corrected chi connectivity index (χ4v) is 2.57. The molecular weight excluding hydrogens is 172 g/mol. The second kappa shape index (κ2) is 3.23. The van der Waals surface area contributed by atoms with Gasteiger partial charge in [0.15, 0.2) is 5.78 Å². The maximum atomic E-state index is 11.8. The highest BCUT2D eigenvalue weighted by Gasteiger charge is 2.38. The summed E-state index contributed by atoms with van der Waals surface area (Å²) >= 11 is 0. The summed E-state index contributed by atoms with van der Waals surface area (Å²) in [5, 5.41) is 0. The third kappa shape index (κ3) is 1.28. The largest absolute Gasteiger partial charge is 0.294 e. The molecule has 1 atom stereocenters. The molecule has 1 aromatic rings. The first-order valence-electron chi connectivity index (χ1n) is 5.30. The van der Waals surface area contributed by atoms with E-state index in [4.69, 9.17) is 0 Å². The summed E-state index contributed by atoms with van der Waals surface area (Å²) in [6, 6.07) is 8.05. The molecule has 1 aliphatic rings. The highest BCUT2D eigenvalue weighted by molar-refractivity contribution is 6.02. The van der Waals surface area contributed by atoms with Gasteiger partial charge in [-0.05, 0) is 12.0 Å². The lowest BCUT2D eigenvalue weighted by molar-refractivity contribution is 0.0974. The monoisotopic (exact) mass is 188 g/mol. The Morgan fingerprint density at radius 3 is 2.79 bits per heavy atom. The minimum atomic E-state index is 0.0996. The molecule has 2 rings (SSSR count). The Morgan fingerprint density at radius 2 is 2.07 bits per heavy atom. The molecule has 0 fully saturated rings. The average molecular weight is 188 g/mol. The third-order valence-corrected chi connectivity index (χ3v) is 3.23. The van der Waals surface area contributed by atoms with Gasteiger partial charge in [-0.2, -0.15) is 0 Å². The summed E-state index contributed by atoms with van der Waals surface area (Å²) in [6.45, 7) is 4.39. The molecule has 0 radical (unpaired) electrons. The average Bonchev–Trinajstić information content (AvgIpc) is 2.41. The van der Waals surface area contributed by atoms with Crippen molar-refractivity contribution in [3.05, 3.63) is 35.4 Å². The lowest BCUT2D eigenvalue weighted by Gasteiger charge is -2.23. The maximum Gasteiger partial charge on any atom is 0.164 e. The standard InChI is InChI=1S/C13H16O/c1-3-8-13(2)9-12(14)10-6-4-5-7-11(10)13/h4-7H,3,8-9H2,1-2H3. The lowest BCUT2D eigenvalue weighted by Crippen LogP contribution is -2.18. The van der Waals surface area contributed by atoms with E-state index in [0.717, 1.165) is 18.4 Å². The van der Waals surface area contributed by atoms with Gasteiger partial charge in [0.1, 0.15) is 0 Å². The van der Waals surface area contributed by atoms with Crippen LogP contribution >= 0.6 is 0 Å². The minimum absolute atomic E-state index is 0.0996. The summed E-state index contributed by atoms with van der Waals surface area (Å²) in [5.41, 5.74) is 2.30. The molecule has 1 heteroatoms. The highest BCUT2D eigenvalue weighted by atomic mass is 16.1. The van der Waals surface area contributed by atoms with E-state index in [0.29, 0.717) is 12.2 Å². The third-order valence-electron chi connectivity index (χ3n) is 3.23. The van der Waals surface area contributed by atoms with Crippen LogP contribution in [0.2, 0.25) is 0 Å². The fourth-order valence-electron chi connectivity index (χ4n) is 2.57. The van der Waals surface area contributed by atoms with Gasteiger partial charge >= 0.3 is 0 Å². The van der Waals surface area contributed by atoms with Crippen LogP contribution in [-0.2, 0) is 5.41 Å². The van der Waals surface area contributed by atoms with E-state index in [1.54, 1.807) is 0 Å². The Labute approximate surface area is 85.1 Å². The van der Waals surface area contributed by atoms with Gasteiger partial charge in [0.2, 0.25) is 0 Å². The summed E-state index contributed by atoms with van der Waals surface area (Å²) < 4.78 is 0. The van der Waals surface area contributed by atoms with E-state index >= 15 is 0 Å². The summed E-state index contributed by atoms with van der Waals surface area (Å²) in [6.07, 6.45) is 2.94. The van der Waals surface area contributed by atoms with Crippen molar-refractivity contribution in [3.63, 3.8) is 0 Å². The molecule has 0 amide bonds. The van der Waals surface area contributed by atoms with Gasteiger partial charge in [0.25, 0.3) is 0 Å². The molecule has 1 aliphatic carbocycles. The molecule has 0 aromatic heterocycles. The Hall–Kier alpha value is -1.11. The van der Waals surface area contributed by atoms with Crippen LogP contribution in [0.1, 0.15) is 49.0 Å². The van der Waals surface area contributed by atoms with E-state index in [1.807, 2.05) is 18.2 Å². The summed E-state index contributed by atoms with van der Waals surface area (Å²) in [7, 11) is 0. The summed E-state index contributed by atoms with van der Waals surface area (Å²) in [4.78, 5) is 11.8. The minimum Gasteiger partial charge on any atom is -0.294 e. The van der Waals surface area contributed by atoms with E-state index in [-0.39, 0.29) is 5.41 Å². The van der Waals surface area contributed by atoms with Gasteiger partial charge in [-0.3, -0.25) is 4.79 Å². The first kappa shape index (κ1) is 9.45. The number of hydrogen-bond acceptors (Lipinski definition) is 1. The maximum absolute atomic E-state index is 11.8. The number of carbonyl (C=O) groups is 1. The van der Waals surface area contributed by atoms with Crippen LogP contribution in [0.25, 0.3) is 0 Å². The molecule has 0 spiro atoms. The van der Waals surface area contributed by atoms with E-state index in [9.17, 15) is 4.79 Å². The predicted octanol–water partition coefficient (Wildman–Crippen LogP) is 3.33. The lowest BCUT2D eigenvalue weighted by atomic mass is 9.80. The van der Waals surface area contributed by atoms with Gasteiger partial charge in [0.05, 0.1) is 0 Å². The van der Waals surface area contributed by atoms with Gasteiger partial charge in [-0.25, -0.2) is 0 Å². The molecule has 74 valence electrons. The number of rotatable bonds is 2. The van der Waals surface area contributed by atoms with E-state index in [1.165, 1.54) is 5.56 Å². The van der Waals surface area contributed by atoms with Crippen molar-refractivity contribution in [1.29, 1.82) is 0 Å². The Balaban J connectivity index is 2.48. The van der Waals surface area contributed by atoms with Gasteiger partial charge < -0.3 is 0 Å². The van der Waals surface area contributed by atoms with Crippen LogP contribution in [0.5, 0.6) is 0 Å². The zero-order valence-electron chi connectivity index (χ0n) is 8.84. The molecule has 14 heavy (non-hydrogen) atoms. The van der Waals surface area contributed by atoms with Crippen LogP contribution in [0.15, 0.2) is 24.3 Å². The van der Waals surface area contributed by atoms with Crippen LogP contribution in [0.3, 0.4) is 0 Å². The molecule has 0 heterocycles. The van der Waals surface area contributed by atoms with Crippen molar-refractivity contribution in [2.45, 2.75) is 38.5 Å². The smallest absolute Gasteiger partial charge is 0.164 e. The molecule has 1 aromatic carbocycles. The van der Waals surface area contributed by atoms with Crippen molar-refractivity contribution >= 4 is 5.78 Å². The van der Waals surface area contributed by atoms with Gasteiger partial charge in [-0.15, -0.1) is 0 Å². The van der Waals surface area contributed by atoms with Crippen LogP contribution in [-0.4, -0.2) is 5.78 Å². The van der Waals surface area contributed by atoms with Crippen molar-refractivity contribution in [2.75, 3.05) is 0 Å². The molecular formula is C13H16O. The normalized spacial score (nSPS) is 25.1. The van der Waals surface area contributed by atoms with E-state index in [2.05, 4.69) is 19.9 Å². The molecule has 0 saturated heterocycles. The molecule has 0 N–H and O–H groups in total. The van der Waals surface area contributed by atoms with Crippen molar-refractivity contribution in [1.82, 2.24) is 0 Å². The quantitative estimate of drug-likeness (QED) is 0.695. The molecule has 1 nitrogen and oxygen atoms in total. The van der Waals surface area contributed by atoms with Crippen molar-refractivity contribution in [2.24, 2.45) is 0 Å². The SMILES string of the molecule is CCCC1(C)CC(=O)c2ccccc21. The van der Waals surface area contributed by atoms with Crippen LogP contribution < -0.4 is 0 Å². The first-order chi connectivity index (χ1) is 6.67. The number of Topliss-reactive ketones (excluding diaryl/α,β-unsaturated/α-hetero) is 1. The van der Waals surface area contributed by atoms with Gasteiger partial charge in [0, 0.05) is 17.4 Å². The Kier molecular flexibility index (Phi) is 2.18. The van der Waals surface area contributed by atoms with E-state index < -0.39 is 0 Å². The number of ketones is 1. The number of benzene rings is 1.